The third-order valence-electron chi connectivity index (χ3n) is 6.51. The molecule has 1 heterocycles. The SMILES string of the molecule is COc1cc(C(=S)N2CCC(Cc3ccccc3)CC2)ccc1OCC(=O)Nc1cc(Cl)ccc1C. The van der Waals surface area contributed by atoms with E-state index in [1.165, 1.54) is 5.56 Å². The number of hydrogen-bond donors (Lipinski definition) is 1. The van der Waals surface area contributed by atoms with Crippen molar-refractivity contribution in [2.24, 2.45) is 5.92 Å². The second-order valence-corrected chi connectivity index (χ2v) is 9.91. The van der Waals surface area contributed by atoms with Gasteiger partial charge in [-0.3, -0.25) is 4.79 Å². The van der Waals surface area contributed by atoms with Crippen molar-refractivity contribution in [3.8, 4) is 11.5 Å². The van der Waals surface area contributed by atoms with Crippen LogP contribution in [-0.2, 0) is 11.2 Å². The molecule has 3 aromatic rings. The molecule has 0 aliphatic carbocycles. The van der Waals surface area contributed by atoms with Gasteiger partial charge in [0, 0.05) is 29.4 Å². The maximum atomic E-state index is 12.4. The van der Waals surface area contributed by atoms with E-state index in [1.807, 2.05) is 25.1 Å². The number of anilines is 1. The Labute approximate surface area is 223 Å². The number of piperidine rings is 1. The van der Waals surface area contributed by atoms with Crippen LogP contribution in [0.3, 0.4) is 0 Å². The Kier molecular flexibility index (Phi) is 8.83. The summed E-state index contributed by atoms with van der Waals surface area (Å²) in [6, 6.07) is 21.6. The molecule has 0 radical (unpaired) electrons. The van der Waals surface area contributed by atoms with Crippen molar-refractivity contribution in [2.75, 3.05) is 32.1 Å². The molecule has 0 spiro atoms. The molecule has 0 aromatic heterocycles. The van der Waals surface area contributed by atoms with Gasteiger partial charge in [-0.15, -0.1) is 0 Å². The average molecular weight is 523 g/mol. The molecule has 1 aliphatic rings. The lowest BCUT2D eigenvalue weighted by Gasteiger charge is -2.34. The Balaban J connectivity index is 1.32. The van der Waals surface area contributed by atoms with E-state index in [4.69, 9.17) is 33.3 Å². The number of amides is 1. The Morgan fingerprint density at radius 1 is 1.06 bits per heavy atom. The summed E-state index contributed by atoms with van der Waals surface area (Å²) in [6.45, 7) is 3.64. The van der Waals surface area contributed by atoms with Gasteiger partial charge in [0.15, 0.2) is 18.1 Å². The van der Waals surface area contributed by atoms with Crippen LogP contribution in [-0.4, -0.2) is 42.6 Å². The third kappa shape index (κ3) is 6.77. The first-order chi connectivity index (χ1) is 17.4. The number of ether oxygens (including phenoxy) is 2. The van der Waals surface area contributed by atoms with Crippen molar-refractivity contribution in [3.05, 3.63) is 88.4 Å². The van der Waals surface area contributed by atoms with E-state index in [0.29, 0.717) is 28.1 Å². The molecule has 1 N–H and O–H groups in total. The van der Waals surface area contributed by atoms with E-state index >= 15 is 0 Å². The molecule has 5 nitrogen and oxygen atoms in total. The van der Waals surface area contributed by atoms with Crippen LogP contribution in [0, 0.1) is 12.8 Å². The molecule has 1 saturated heterocycles. The fraction of sp³-hybridized carbons (Fsp3) is 0.310. The summed E-state index contributed by atoms with van der Waals surface area (Å²) in [5, 5.41) is 3.39. The zero-order valence-electron chi connectivity index (χ0n) is 20.6. The molecule has 1 aliphatic heterocycles. The smallest absolute Gasteiger partial charge is 0.262 e. The highest BCUT2D eigenvalue weighted by Crippen LogP contribution is 2.30. The molecule has 188 valence electrons. The van der Waals surface area contributed by atoms with Gasteiger partial charge < -0.3 is 19.7 Å². The van der Waals surface area contributed by atoms with Crippen molar-refractivity contribution >= 4 is 40.4 Å². The number of carbonyl (C=O) groups is 1. The number of hydrogen-bond acceptors (Lipinski definition) is 4. The van der Waals surface area contributed by atoms with Gasteiger partial charge in [-0.25, -0.2) is 0 Å². The summed E-state index contributed by atoms with van der Waals surface area (Å²) in [6.07, 6.45) is 3.36. The molecule has 4 rings (SSSR count). The maximum absolute atomic E-state index is 12.4. The second kappa shape index (κ2) is 12.2. The first kappa shape index (κ1) is 26.0. The van der Waals surface area contributed by atoms with Crippen LogP contribution in [0.5, 0.6) is 11.5 Å². The lowest BCUT2D eigenvalue weighted by molar-refractivity contribution is -0.118. The van der Waals surface area contributed by atoms with Gasteiger partial charge in [0.25, 0.3) is 5.91 Å². The Morgan fingerprint density at radius 3 is 2.53 bits per heavy atom. The molecule has 0 saturated carbocycles. The summed E-state index contributed by atoms with van der Waals surface area (Å²) >= 11 is 11.9. The highest BCUT2D eigenvalue weighted by atomic mass is 35.5. The average Bonchev–Trinajstić information content (AvgIpc) is 2.90. The van der Waals surface area contributed by atoms with E-state index in [2.05, 4.69) is 40.5 Å². The normalized spacial score (nSPS) is 13.8. The second-order valence-electron chi connectivity index (χ2n) is 9.09. The molecular formula is C29H31ClN2O3S. The van der Waals surface area contributed by atoms with E-state index in [1.54, 1.807) is 25.3 Å². The number of aryl methyl sites for hydroxylation is 1. The monoisotopic (exact) mass is 522 g/mol. The van der Waals surface area contributed by atoms with Gasteiger partial charge in [-0.2, -0.15) is 0 Å². The number of carbonyl (C=O) groups excluding carboxylic acids is 1. The summed E-state index contributed by atoms with van der Waals surface area (Å²) in [5.41, 5.74) is 3.90. The number of thiocarbonyl (C=S) groups is 1. The van der Waals surface area contributed by atoms with Crippen molar-refractivity contribution < 1.29 is 14.3 Å². The number of nitrogens with one attached hydrogen (secondary N) is 1. The molecule has 36 heavy (non-hydrogen) atoms. The standard InChI is InChI=1S/C29H31ClN2O3S/c1-20-8-10-24(30)18-25(20)31-28(33)19-35-26-11-9-23(17-27(26)34-2)29(36)32-14-12-22(13-15-32)16-21-6-4-3-5-7-21/h3-11,17-18,22H,12-16,19H2,1-2H3,(H,31,33). The minimum Gasteiger partial charge on any atom is -0.493 e. The quantitative estimate of drug-likeness (QED) is 0.351. The van der Waals surface area contributed by atoms with E-state index in [9.17, 15) is 4.79 Å². The Morgan fingerprint density at radius 2 is 1.81 bits per heavy atom. The molecule has 0 unspecified atom stereocenters. The summed E-state index contributed by atoms with van der Waals surface area (Å²) in [5.74, 6) is 1.43. The molecule has 0 atom stereocenters. The fourth-order valence-corrected chi connectivity index (χ4v) is 4.93. The zero-order chi connectivity index (χ0) is 25.5. The highest BCUT2D eigenvalue weighted by molar-refractivity contribution is 7.80. The lowest BCUT2D eigenvalue weighted by Crippen LogP contribution is -2.38. The zero-order valence-corrected chi connectivity index (χ0v) is 22.2. The van der Waals surface area contributed by atoms with Gasteiger partial charge >= 0.3 is 0 Å². The van der Waals surface area contributed by atoms with Crippen LogP contribution in [0.15, 0.2) is 66.7 Å². The van der Waals surface area contributed by atoms with Gasteiger partial charge in [0.1, 0.15) is 4.99 Å². The van der Waals surface area contributed by atoms with Crippen molar-refractivity contribution in [2.45, 2.75) is 26.2 Å². The number of benzene rings is 3. The van der Waals surface area contributed by atoms with Crippen molar-refractivity contribution in [1.29, 1.82) is 0 Å². The van der Waals surface area contributed by atoms with E-state index < -0.39 is 0 Å². The Bertz CT molecular complexity index is 1210. The fourth-order valence-electron chi connectivity index (χ4n) is 4.45. The first-order valence-electron chi connectivity index (χ1n) is 12.1. The van der Waals surface area contributed by atoms with Crippen LogP contribution in [0.2, 0.25) is 5.02 Å². The minimum absolute atomic E-state index is 0.152. The predicted molar refractivity (Wildman–Crippen MR) is 149 cm³/mol. The molecular weight excluding hydrogens is 492 g/mol. The Hall–Kier alpha value is -3.09. The summed E-state index contributed by atoms with van der Waals surface area (Å²) in [7, 11) is 1.58. The number of methoxy groups -OCH3 is 1. The van der Waals surface area contributed by atoms with Gasteiger partial charge in [-0.05, 0) is 73.6 Å². The van der Waals surface area contributed by atoms with Crippen molar-refractivity contribution in [1.82, 2.24) is 4.90 Å². The molecule has 0 bridgehead atoms. The first-order valence-corrected chi connectivity index (χ1v) is 12.9. The van der Waals surface area contributed by atoms with Gasteiger partial charge in [0.05, 0.1) is 7.11 Å². The van der Waals surface area contributed by atoms with Crippen LogP contribution in [0.1, 0.15) is 29.5 Å². The molecule has 7 heteroatoms. The lowest BCUT2D eigenvalue weighted by atomic mass is 9.90. The molecule has 1 fully saturated rings. The summed E-state index contributed by atoms with van der Waals surface area (Å²) in [4.78, 5) is 15.5. The molecule has 3 aromatic carbocycles. The summed E-state index contributed by atoms with van der Waals surface area (Å²) < 4.78 is 11.3. The van der Waals surface area contributed by atoms with Crippen LogP contribution >= 0.6 is 23.8 Å². The molecule has 1 amide bonds. The topological polar surface area (TPSA) is 50.8 Å². The van der Waals surface area contributed by atoms with E-state index in [0.717, 1.165) is 48.5 Å². The number of nitrogens with zero attached hydrogens (tertiary/aromatic N) is 1. The largest absolute Gasteiger partial charge is 0.493 e. The van der Waals surface area contributed by atoms with Gasteiger partial charge in [-0.1, -0.05) is 60.2 Å². The van der Waals surface area contributed by atoms with Crippen molar-refractivity contribution in [3.63, 3.8) is 0 Å². The highest BCUT2D eigenvalue weighted by Gasteiger charge is 2.22. The van der Waals surface area contributed by atoms with Crippen LogP contribution in [0.25, 0.3) is 0 Å². The minimum atomic E-state index is -0.277. The third-order valence-corrected chi connectivity index (χ3v) is 7.24. The van der Waals surface area contributed by atoms with Gasteiger partial charge in [0.2, 0.25) is 0 Å². The number of rotatable bonds is 8. The van der Waals surface area contributed by atoms with Crippen LogP contribution < -0.4 is 14.8 Å². The van der Waals surface area contributed by atoms with Crippen LogP contribution in [0.4, 0.5) is 5.69 Å². The number of likely N-dealkylation sites (tertiary alicyclic amines) is 1. The predicted octanol–water partition coefficient (Wildman–Crippen LogP) is 6.30. The van der Waals surface area contributed by atoms with E-state index in [-0.39, 0.29) is 12.5 Å². The maximum Gasteiger partial charge on any atom is 0.262 e. The number of halogens is 1.